The Morgan fingerprint density at radius 3 is 2.91 bits per heavy atom. The standard InChI is InChI=1S/C7H9BrN2.ClH/c1-9-5-6-2-3-10-7(8)4-6;/h2-4,9H,5H2,1H3;1H. The monoisotopic (exact) mass is 236 g/mol. The van der Waals surface area contributed by atoms with Crippen molar-refractivity contribution < 1.29 is 0 Å². The van der Waals surface area contributed by atoms with Gasteiger partial charge in [-0.25, -0.2) is 4.98 Å². The van der Waals surface area contributed by atoms with E-state index in [0.29, 0.717) is 0 Å². The number of rotatable bonds is 2. The summed E-state index contributed by atoms with van der Waals surface area (Å²) < 4.78 is 0.889. The molecule has 0 amide bonds. The number of halogens is 2. The summed E-state index contributed by atoms with van der Waals surface area (Å²) in [6.45, 7) is 0.890. The van der Waals surface area contributed by atoms with Crippen LogP contribution in [0, 0.1) is 0 Å². The summed E-state index contributed by atoms with van der Waals surface area (Å²) in [4.78, 5) is 4.01. The second-order valence-corrected chi connectivity index (χ2v) is 2.83. The molecule has 0 aromatic carbocycles. The van der Waals surface area contributed by atoms with Crippen LogP contribution in [0.2, 0.25) is 0 Å². The topological polar surface area (TPSA) is 24.9 Å². The van der Waals surface area contributed by atoms with Crippen LogP contribution in [0.3, 0.4) is 0 Å². The van der Waals surface area contributed by atoms with Crippen LogP contribution in [0.1, 0.15) is 5.56 Å². The molecule has 0 spiro atoms. The first-order chi connectivity index (χ1) is 4.83. The fraction of sp³-hybridized carbons (Fsp3) is 0.286. The predicted octanol–water partition coefficient (Wildman–Crippen LogP) is 1.99. The third-order valence-electron chi connectivity index (χ3n) is 1.17. The highest BCUT2D eigenvalue weighted by atomic mass is 79.9. The summed E-state index contributed by atoms with van der Waals surface area (Å²) >= 11 is 3.29. The van der Waals surface area contributed by atoms with Gasteiger partial charge in [-0.15, -0.1) is 12.4 Å². The van der Waals surface area contributed by atoms with Gasteiger partial charge < -0.3 is 5.32 Å². The van der Waals surface area contributed by atoms with Crippen LogP contribution >= 0.6 is 28.3 Å². The van der Waals surface area contributed by atoms with E-state index in [1.807, 2.05) is 19.2 Å². The Hall–Kier alpha value is -0.120. The Labute approximate surface area is 81.0 Å². The van der Waals surface area contributed by atoms with E-state index in [4.69, 9.17) is 0 Å². The van der Waals surface area contributed by atoms with Crippen LogP contribution in [-0.4, -0.2) is 12.0 Å². The molecular weight excluding hydrogens is 227 g/mol. The van der Waals surface area contributed by atoms with Crippen LogP contribution < -0.4 is 5.32 Å². The van der Waals surface area contributed by atoms with Gasteiger partial charge in [0.2, 0.25) is 0 Å². The van der Waals surface area contributed by atoms with E-state index in [9.17, 15) is 0 Å². The molecule has 0 radical (unpaired) electrons. The summed E-state index contributed by atoms with van der Waals surface area (Å²) in [5.41, 5.74) is 1.24. The summed E-state index contributed by atoms with van der Waals surface area (Å²) in [7, 11) is 1.92. The highest BCUT2D eigenvalue weighted by Crippen LogP contribution is 2.06. The predicted molar refractivity (Wildman–Crippen MR) is 51.9 cm³/mol. The van der Waals surface area contributed by atoms with Crippen molar-refractivity contribution in [2.75, 3.05) is 7.05 Å². The number of nitrogens with zero attached hydrogens (tertiary/aromatic N) is 1. The molecule has 0 saturated carbocycles. The fourth-order valence-corrected chi connectivity index (χ4v) is 1.17. The van der Waals surface area contributed by atoms with E-state index in [-0.39, 0.29) is 12.4 Å². The number of pyridine rings is 1. The maximum atomic E-state index is 4.01. The van der Waals surface area contributed by atoms with Gasteiger partial charge in [-0.05, 0) is 40.7 Å². The number of hydrogen-bond acceptors (Lipinski definition) is 2. The number of nitrogens with one attached hydrogen (secondary N) is 1. The van der Waals surface area contributed by atoms with Crippen molar-refractivity contribution in [1.82, 2.24) is 10.3 Å². The van der Waals surface area contributed by atoms with Gasteiger partial charge in [-0.3, -0.25) is 0 Å². The van der Waals surface area contributed by atoms with E-state index in [0.717, 1.165) is 11.1 Å². The molecule has 0 aliphatic rings. The van der Waals surface area contributed by atoms with Gasteiger partial charge in [-0.1, -0.05) is 0 Å². The van der Waals surface area contributed by atoms with Gasteiger partial charge in [0.05, 0.1) is 0 Å². The van der Waals surface area contributed by atoms with Crippen molar-refractivity contribution in [2.45, 2.75) is 6.54 Å². The smallest absolute Gasteiger partial charge is 0.106 e. The largest absolute Gasteiger partial charge is 0.316 e. The zero-order chi connectivity index (χ0) is 7.40. The van der Waals surface area contributed by atoms with Gasteiger partial charge in [-0.2, -0.15) is 0 Å². The van der Waals surface area contributed by atoms with E-state index >= 15 is 0 Å². The maximum absolute atomic E-state index is 4.01. The van der Waals surface area contributed by atoms with Crippen molar-refractivity contribution >= 4 is 28.3 Å². The lowest BCUT2D eigenvalue weighted by Crippen LogP contribution is -2.04. The molecule has 62 valence electrons. The molecule has 1 aromatic rings. The fourth-order valence-electron chi connectivity index (χ4n) is 0.757. The van der Waals surface area contributed by atoms with Crippen molar-refractivity contribution in [2.24, 2.45) is 0 Å². The minimum Gasteiger partial charge on any atom is -0.316 e. The molecule has 11 heavy (non-hydrogen) atoms. The van der Waals surface area contributed by atoms with Crippen LogP contribution in [0.25, 0.3) is 0 Å². The lowest BCUT2D eigenvalue weighted by molar-refractivity contribution is 0.815. The molecular formula is C7H10BrClN2. The minimum atomic E-state index is 0. The molecule has 4 heteroatoms. The average molecular weight is 238 g/mol. The lowest BCUT2D eigenvalue weighted by Gasteiger charge is -1.97. The Morgan fingerprint density at radius 2 is 2.36 bits per heavy atom. The molecule has 0 fully saturated rings. The second kappa shape index (κ2) is 5.52. The number of aromatic nitrogens is 1. The first kappa shape index (κ1) is 10.9. The Kier molecular flexibility index (Phi) is 5.46. The van der Waals surface area contributed by atoms with Crippen LogP contribution in [0.15, 0.2) is 22.9 Å². The SMILES string of the molecule is CNCc1ccnc(Br)c1.Cl. The zero-order valence-electron chi connectivity index (χ0n) is 6.17. The van der Waals surface area contributed by atoms with Gasteiger partial charge in [0.1, 0.15) is 4.60 Å². The van der Waals surface area contributed by atoms with E-state index in [1.165, 1.54) is 5.56 Å². The molecule has 0 aliphatic heterocycles. The summed E-state index contributed by atoms with van der Waals surface area (Å²) in [5, 5.41) is 3.06. The van der Waals surface area contributed by atoms with E-state index < -0.39 is 0 Å². The normalized spacial score (nSPS) is 8.91. The molecule has 0 aliphatic carbocycles. The van der Waals surface area contributed by atoms with Crippen LogP contribution in [0.4, 0.5) is 0 Å². The van der Waals surface area contributed by atoms with Gasteiger partial charge in [0.15, 0.2) is 0 Å². The molecule has 0 bridgehead atoms. The number of hydrogen-bond donors (Lipinski definition) is 1. The molecule has 1 N–H and O–H groups in total. The molecule has 0 saturated heterocycles. The minimum absolute atomic E-state index is 0. The third kappa shape index (κ3) is 3.70. The van der Waals surface area contributed by atoms with Gasteiger partial charge in [0.25, 0.3) is 0 Å². The summed E-state index contributed by atoms with van der Waals surface area (Å²) in [6, 6.07) is 3.98. The first-order valence-corrected chi connectivity index (χ1v) is 3.87. The highest BCUT2D eigenvalue weighted by Gasteiger charge is 1.90. The molecule has 0 atom stereocenters. The Balaban J connectivity index is 0.000001000. The molecule has 1 rings (SSSR count). The average Bonchev–Trinajstić information content (AvgIpc) is 1.88. The zero-order valence-corrected chi connectivity index (χ0v) is 8.58. The van der Waals surface area contributed by atoms with Crippen LogP contribution in [-0.2, 0) is 6.54 Å². The highest BCUT2D eigenvalue weighted by molar-refractivity contribution is 9.10. The third-order valence-corrected chi connectivity index (χ3v) is 1.61. The maximum Gasteiger partial charge on any atom is 0.106 e. The molecule has 0 unspecified atom stereocenters. The van der Waals surface area contributed by atoms with Crippen molar-refractivity contribution in [3.8, 4) is 0 Å². The first-order valence-electron chi connectivity index (χ1n) is 3.08. The van der Waals surface area contributed by atoms with Gasteiger partial charge >= 0.3 is 0 Å². The van der Waals surface area contributed by atoms with E-state index in [1.54, 1.807) is 6.20 Å². The van der Waals surface area contributed by atoms with Crippen LogP contribution in [0.5, 0.6) is 0 Å². The summed E-state index contributed by atoms with van der Waals surface area (Å²) in [5.74, 6) is 0. The van der Waals surface area contributed by atoms with E-state index in [2.05, 4.69) is 26.2 Å². The quantitative estimate of drug-likeness (QED) is 0.796. The summed E-state index contributed by atoms with van der Waals surface area (Å²) in [6.07, 6.45) is 1.79. The van der Waals surface area contributed by atoms with Gasteiger partial charge in [0, 0.05) is 12.7 Å². The van der Waals surface area contributed by atoms with Crippen molar-refractivity contribution in [1.29, 1.82) is 0 Å². The molecule has 1 heterocycles. The lowest BCUT2D eigenvalue weighted by atomic mass is 10.3. The Morgan fingerprint density at radius 1 is 1.64 bits per heavy atom. The molecule has 2 nitrogen and oxygen atoms in total. The van der Waals surface area contributed by atoms with Crippen molar-refractivity contribution in [3.63, 3.8) is 0 Å². The second-order valence-electron chi connectivity index (χ2n) is 2.02. The Bertz CT molecular complexity index is 217. The van der Waals surface area contributed by atoms with Crippen molar-refractivity contribution in [3.05, 3.63) is 28.5 Å². The molecule has 1 aromatic heterocycles.